The Bertz CT molecular complexity index is 395. The molecule has 0 aliphatic rings. The lowest BCUT2D eigenvalue weighted by Gasteiger charge is -1.99. The zero-order valence-electron chi connectivity index (χ0n) is 6.44. The molecule has 2 aromatic rings. The summed E-state index contributed by atoms with van der Waals surface area (Å²) in [5.74, 6) is 0. The fourth-order valence-electron chi connectivity index (χ4n) is 1.19. The van der Waals surface area contributed by atoms with Crippen molar-refractivity contribution in [2.45, 2.75) is 6.61 Å². The molecule has 3 heteroatoms. The van der Waals surface area contributed by atoms with Crippen LogP contribution < -0.4 is 0 Å². The van der Waals surface area contributed by atoms with Gasteiger partial charge in [-0.25, -0.2) is 9.97 Å². The predicted octanol–water partition coefficient (Wildman–Crippen LogP) is 1.12. The Morgan fingerprint density at radius 2 is 2.00 bits per heavy atom. The standard InChI is InChI=1S/C9H8N2O/c12-5-9-7-3-1-2-4-8(7)10-6-11-9/h1-4,6,12H,5H2. The summed E-state index contributed by atoms with van der Waals surface area (Å²) in [6, 6.07) is 7.62. The molecule has 1 N–H and O–H groups in total. The Hall–Kier alpha value is -1.48. The van der Waals surface area contributed by atoms with E-state index in [0.717, 1.165) is 10.9 Å². The summed E-state index contributed by atoms with van der Waals surface area (Å²) in [5.41, 5.74) is 1.55. The SMILES string of the molecule is OCc1ncnc2ccccc12. The molecule has 1 aromatic carbocycles. The molecule has 0 saturated carbocycles. The number of aliphatic hydroxyl groups excluding tert-OH is 1. The van der Waals surface area contributed by atoms with Gasteiger partial charge >= 0.3 is 0 Å². The summed E-state index contributed by atoms with van der Waals surface area (Å²) < 4.78 is 0. The minimum atomic E-state index is -0.0387. The van der Waals surface area contributed by atoms with Crippen molar-refractivity contribution >= 4 is 10.9 Å². The van der Waals surface area contributed by atoms with E-state index in [1.165, 1.54) is 6.33 Å². The maximum Gasteiger partial charge on any atom is 0.116 e. The summed E-state index contributed by atoms with van der Waals surface area (Å²) in [4.78, 5) is 8.03. The van der Waals surface area contributed by atoms with E-state index in [0.29, 0.717) is 5.69 Å². The molecule has 3 nitrogen and oxygen atoms in total. The van der Waals surface area contributed by atoms with Gasteiger partial charge in [0, 0.05) is 5.39 Å². The van der Waals surface area contributed by atoms with Crippen LogP contribution in [0, 0.1) is 0 Å². The highest BCUT2D eigenvalue weighted by Gasteiger charge is 1.99. The molecule has 0 unspecified atom stereocenters. The molecule has 0 bridgehead atoms. The Morgan fingerprint density at radius 3 is 2.83 bits per heavy atom. The monoisotopic (exact) mass is 160 g/mol. The van der Waals surface area contributed by atoms with Crippen LogP contribution in [0.25, 0.3) is 10.9 Å². The molecule has 1 heterocycles. The molecule has 1 aromatic heterocycles. The summed E-state index contributed by atoms with van der Waals surface area (Å²) in [7, 11) is 0. The average Bonchev–Trinajstić information content (AvgIpc) is 2.17. The van der Waals surface area contributed by atoms with Crippen LogP contribution in [0.1, 0.15) is 5.69 Å². The van der Waals surface area contributed by atoms with E-state index in [2.05, 4.69) is 9.97 Å². The number of fused-ring (bicyclic) bond motifs is 1. The second kappa shape index (κ2) is 2.87. The molecule has 0 spiro atoms. The van der Waals surface area contributed by atoms with Gasteiger partial charge in [0.15, 0.2) is 0 Å². The maximum atomic E-state index is 8.95. The molecule has 0 saturated heterocycles. The fraction of sp³-hybridized carbons (Fsp3) is 0.111. The first kappa shape index (κ1) is 7.18. The highest BCUT2D eigenvalue weighted by molar-refractivity contribution is 5.80. The Kier molecular flexibility index (Phi) is 1.72. The largest absolute Gasteiger partial charge is 0.390 e. The van der Waals surface area contributed by atoms with Gasteiger partial charge in [0.1, 0.15) is 6.33 Å². The van der Waals surface area contributed by atoms with E-state index < -0.39 is 0 Å². The highest BCUT2D eigenvalue weighted by atomic mass is 16.3. The molecular weight excluding hydrogens is 152 g/mol. The number of hydrogen-bond donors (Lipinski definition) is 1. The normalized spacial score (nSPS) is 10.4. The summed E-state index contributed by atoms with van der Waals surface area (Å²) in [5, 5.41) is 9.86. The quantitative estimate of drug-likeness (QED) is 0.680. The lowest BCUT2D eigenvalue weighted by atomic mass is 10.2. The summed E-state index contributed by atoms with van der Waals surface area (Å²) in [6.45, 7) is -0.0387. The minimum absolute atomic E-state index is 0.0387. The molecule has 12 heavy (non-hydrogen) atoms. The topological polar surface area (TPSA) is 46.0 Å². The van der Waals surface area contributed by atoms with Crippen LogP contribution in [0.2, 0.25) is 0 Å². The average molecular weight is 160 g/mol. The third kappa shape index (κ3) is 1.04. The third-order valence-corrected chi connectivity index (χ3v) is 1.78. The van der Waals surface area contributed by atoms with Crippen molar-refractivity contribution < 1.29 is 5.11 Å². The Balaban J connectivity index is 2.79. The number of para-hydroxylation sites is 1. The van der Waals surface area contributed by atoms with Crippen LogP contribution in [-0.4, -0.2) is 15.1 Å². The number of aliphatic hydroxyl groups is 1. The van der Waals surface area contributed by atoms with Gasteiger partial charge in [-0.2, -0.15) is 0 Å². The molecule has 0 atom stereocenters. The lowest BCUT2D eigenvalue weighted by Crippen LogP contribution is -1.91. The van der Waals surface area contributed by atoms with Gasteiger partial charge in [-0.05, 0) is 6.07 Å². The molecule has 2 rings (SSSR count). The first-order valence-corrected chi connectivity index (χ1v) is 3.71. The fourth-order valence-corrected chi connectivity index (χ4v) is 1.19. The zero-order chi connectivity index (χ0) is 8.39. The van der Waals surface area contributed by atoms with Crippen molar-refractivity contribution in [1.29, 1.82) is 0 Å². The second-order valence-corrected chi connectivity index (χ2v) is 2.50. The smallest absolute Gasteiger partial charge is 0.116 e. The second-order valence-electron chi connectivity index (χ2n) is 2.50. The minimum Gasteiger partial charge on any atom is -0.390 e. The van der Waals surface area contributed by atoms with Gasteiger partial charge < -0.3 is 5.11 Å². The first-order chi connectivity index (χ1) is 5.92. The number of aromatic nitrogens is 2. The van der Waals surface area contributed by atoms with Crippen LogP contribution in [0.3, 0.4) is 0 Å². The Labute approximate surface area is 69.7 Å². The van der Waals surface area contributed by atoms with Gasteiger partial charge in [0.05, 0.1) is 17.8 Å². The van der Waals surface area contributed by atoms with E-state index in [4.69, 9.17) is 5.11 Å². The van der Waals surface area contributed by atoms with Crippen molar-refractivity contribution in [1.82, 2.24) is 9.97 Å². The Morgan fingerprint density at radius 1 is 1.17 bits per heavy atom. The molecule has 0 radical (unpaired) electrons. The number of hydrogen-bond acceptors (Lipinski definition) is 3. The van der Waals surface area contributed by atoms with E-state index in [-0.39, 0.29) is 6.61 Å². The predicted molar refractivity (Wildman–Crippen MR) is 45.5 cm³/mol. The molecular formula is C9H8N2O. The number of benzene rings is 1. The van der Waals surface area contributed by atoms with Gasteiger partial charge in [-0.3, -0.25) is 0 Å². The third-order valence-electron chi connectivity index (χ3n) is 1.78. The number of rotatable bonds is 1. The van der Waals surface area contributed by atoms with Crippen molar-refractivity contribution in [3.05, 3.63) is 36.3 Å². The summed E-state index contributed by atoms with van der Waals surface area (Å²) >= 11 is 0. The van der Waals surface area contributed by atoms with Crippen molar-refractivity contribution in [3.63, 3.8) is 0 Å². The van der Waals surface area contributed by atoms with Gasteiger partial charge in [0.25, 0.3) is 0 Å². The van der Waals surface area contributed by atoms with Gasteiger partial charge in [0.2, 0.25) is 0 Å². The van der Waals surface area contributed by atoms with Crippen LogP contribution in [0.4, 0.5) is 0 Å². The van der Waals surface area contributed by atoms with E-state index in [9.17, 15) is 0 Å². The van der Waals surface area contributed by atoms with Crippen LogP contribution in [-0.2, 0) is 6.61 Å². The van der Waals surface area contributed by atoms with Crippen LogP contribution >= 0.6 is 0 Å². The van der Waals surface area contributed by atoms with E-state index in [1.54, 1.807) is 0 Å². The molecule has 0 amide bonds. The zero-order valence-corrected chi connectivity index (χ0v) is 6.44. The number of nitrogens with zero attached hydrogens (tertiary/aromatic N) is 2. The summed E-state index contributed by atoms with van der Waals surface area (Å²) in [6.07, 6.45) is 1.47. The van der Waals surface area contributed by atoms with Crippen molar-refractivity contribution in [2.24, 2.45) is 0 Å². The lowest BCUT2D eigenvalue weighted by molar-refractivity contribution is 0.278. The van der Waals surface area contributed by atoms with E-state index >= 15 is 0 Å². The van der Waals surface area contributed by atoms with Crippen LogP contribution in [0.15, 0.2) is 30.6 Å². The molecule has 0 aliphatic heterocycles. The maximum absolute atomic E-state index is 8.95. The van der Waals surface area contributed by atoms with Crippen molar-refractivity contribution in [2.75, 3.05) is 0 Å². The van der Waals surface area contributed by atoms with Crippen molar-refractivity contribution in [3.8, 4) is 0 Å². The van der Waals surface area contributed by atoms with Crippen LogP contribution in [0.5, 0.6) is 0 Å². The molecule has 60 valence electrons. The molecule has 0 aliphatic carbocycles. The van der Waals surface area contributed by atoms with E-state index in [1.807, 2.05) is 24.3 Å². The first-order valence-electron chi connectivity index (χ1n) is 3.71. The molecule has 0 fully saturated rings. The highest BCUT2D eigenvalue weighted by Crippen LogP contribution is 2.12. The van der Waals surface area contributed by atoms with Gasteiger partial charge in [-0.15, -0.1) is 0 Å². The van der Waals surface area contributed by atoms with Gasteiger partial charge in [-0.1, -0.05) is 18.2 Å².